The molecule has 0 aliphatic carbocycles. The van der Waals surface area contributed by atoms with Gasteiger partial charge >= 0.3 is 5.97 Å². The van der Waals surface area contributed by atoms with Gasteiger partial charge in [-0.2, -0.15) is 5.10 Å². The Balaban J connectivity index is 2.18. The van der Waals surface area contributed by atoms with Gasteiger partial charge in [0, 0.05) is 18.1 Å². The van der Waals surface area contributed by atoms with Crippen LogP contribution >= 0.6 is 11.8 Å². The fraction of sp³-hybridized carbons (Fsp3) is 0.429. The third kappa shape index (κ3) is 3.47. The molecule has 0 amide bonds. The van der Waals surface area contributed by atoms with Crippen LogP contribution in [-0.4, -0.2) is 32.7 Å². The van der Waals surface area contributed by atoms with Gasteiger partial charge in [0.1, 0.15) is 6.04 Å². The van der Waals surface area contributed by atoms with Crippen molar-refractivity contribution in [1.29, 1.82) is 0 Å². The number of carboxylic acids is 1. The number of thioether (sulfide) groups is 1. The van der Waals surface area contributed by atoms with Crippen molar-refractivity contribution in [2.24, 2.45) is 5.73 Å². The first-order chi connectivity index (χ1) is 6.20. The third-order valence-corrected chi connectivity index (χ3v) is 2.44. The van der Waals surface area contributed by atoms with Crippen molar-refractivity contribution in [3.05, 3.63) is 18.5 Å². The van der Waals surface area contributed by atoms with Gasteiger partial charge in [-0.15, -0.1) is 11.8 Å². The molecule has 1 rings (SSSR count). The van der Waals surface area contributed by atoms with Crippen molar-refractivity contribution in [1.82, 2.24) is 9.78 Å². The lowest BCUT2D eigenvalue weighted by Gasteiger charge is -2.05. The van der Waals surface area contributed by atoms with Gasteiger partial charge in [-0.3, -0.25) is 9.48 Å². The minimum absolute atomic E-state index is 0.398. The Bertz CT molecular complexity index is 263. The highest BCUT2D eigenvalue weighted by atomic mass is 32.2. The topological polar surface area (TPSA) is 81.1 Å². The number of aliphatic carboxylic acids is 1. The lowest BCUT2D eigenvalue weighted by molar-refractivity contribution is -0.137. The molecule has 1 aromatic heterocycles. The summed E-state index contributed by atoms with van der Waals surface area (Å²) in [5, 5.41) is 12.4. The minimum Gasteiger partial charge on any atom is -0.480 e. The third-order valence-electron chi connectivity index (χ3n) is 1.40. The molecule has 13 heavy (non-hydrogen) atoms. The van der Waals surface area contributed by atoms with E-state index >= 15 is 0 Å². The van der Waals surface area contributed by atoms with Gasteiger partial charge in [0.2, 0.25) is 0 Å². The van der Waals surface area contributed by atoms with Gasteiger partial charge in [0.15, 0.2) is 0 Å². The van der Waals surface area contributed by atoms with Gasteiger partial charge in [-0.1, -0.05) is 0 Å². The summed E-state index contributed by atoms with van der Waals surface area (Å²) in [7, 11) is 0. The van der Waals surface area contributed by atoms with Crippen LogP contribution in [0, 0.1) is 0 Å². The van der Waals surface area contributed by atoms with Gasteiger partial charge in [-0.25, -0.2) is 0 Å². The van der Waals surface area contributed by atoms with E-state index in [2.05, 4.69) is 5.10 Å². The molecule has 0 saturated heterocycles. The van der Waals surface area contributed by atoms with Crippen LogP contribution in [0.4, 0.5) is 0 Å². The summed E-state index contributed by atoms with van der Waals surface area (Å²) >= 11 is 1.44. The average molecular weight is 201 g/mol. The Morgan fingerprint density at radius 3 is 3.08 bits per heavy atom. The van der Waals surface area contributed by atoms with E-state index in [-0.39, 0.29) is 0 Å². The number of nitrogens with zero attached hydrogens (tertiary/aromatic N) is 2. The van der Waals surface area contributed by atoms with E-state index in [0.29, 0.717) is 11.6 Å². The smallest absolute Gasteiger partial charge is 0.321 e. The first kappa shape index (κ1) is 10.1. The molecular formula is C7H11N3O2S. The maximum atomic E-state index is 10.3. The highest BCUT2D eigenvalue weighted by Gasteiger charge is 2.10. The molecule has 0 saturated carbocycles. The summed E-state index contributed by atoms with van der Waals surface area (Å²) in [5.41, 5.74) is 5.31. The lowest BCUT2D eigenvalue weighted by atomic mass is 10.4. The van der Waals surface area contributed by atoms with E-state index in [4.69, 9.17) is 10.8 Å². The van der Waals surface area contributed by atoms with Crippen LogP contribution in [0.3, 0.4) is 0 Å². The number of aromatic nitrogens is 2. The fourth-order valence-corrected chi connectivity index (χ4v) is 1.56. The van der Waals surface area contributed by atoms with E-state index in [1.54, 1.807) is 10.9 Å². The van der Waals surface area contributed by atoms with Crippen LogP contribution in [0.15, 0.2) is 18.5 Å². The molecule has 5 nitrogen and oxygen atoms in total. The van der Waals surface area contributed by atoms with Crippen molar-refractivity contribution in [2.45, 2.75) is 11.9 Å². The molecule has 0 fully saturated rings. The number of hydrogen-bond acceptors (Lipinski definition) is 4. The van der Waals surface area contributed by atoms with E-state index in [0.717, 1.165) is 0 Å². The van der Waals surface area contributed by atoms with Crippen LogP contribution in [0.25, 0.3) is 0 Å². The summed E-state index contributed by atoms with van der Waals surface area (Å²) in [6.45, 7) is 0. The van der Waals surface area contributed by atoms with Gasteiger partial charge < -0.3 is 10.8 Å². The van der Waals surface area contributed by atoms with E-state index < -0.39 is 12.0 Å². The zero-order valence-corrected chi connectivity index (χ0v) is 7.78. The fourth-order valence-electron chi connectivity index (χ4n) is 0.721. The Morgan fingerprint density at radius 1 is 1.77 bits per heavy atom. The van der Waals surface area contributed by atoms with E-state index in [1.807, 2.05) is 12.3 Å². The molecule has 0 spiro atoms. The summed E-state index contributed by atoms with van der Waals surface area (Å²) in [6.07, 6.45) is 3.50. The van der Waals surface area contributed by atoms with Crippen molar-refractivity contribution in [3.63, 3.8) is 0 Å². The van der Waals surface area contributed by atoms with Crippen molar-refractivity contribution >= 4 is 17.7 Å². The molecule has 1 unspecified atom stereocenters. The van der Waals surface area contributed by atoms with Crippen molar-refractivity contribution in [3.8, 4) is 0 Å². The first-order valence-electron chi connectivity index (χ1n) is 3.73. The highest BCUT2D eigenvalue weighted by Crippen LogP contribution is 2.04. The Kier molecular flexibility index (Phi) is 3.78. The standard InChI is InChI=1S/C7H11N3O2S/c8-6(7(11)12)4-13-5-10-3-1-2-9-10/h1-3,6H,4-5,8H2,(H,11,12). The van der Waals surface area contributed by atoms with Crippen molar-refractivity contribution < 1.29 is 9.90 Å². The number of carboxylic acid groups (broad SMARTS) is 1. The van der Waals surface area contributed by atoms with Crippen LogP contribution in [0.2, 0.25) is 0 Å². The Morgan fingerprint density at radius 2 is 2.54 bits per heavy atom. The normalized spacial score (nSPS) is 12.7. The van der Waals surface area contributed by atoms with Crippen LogP contribution in [0.5, 0.6) is 0 Å². The van der Waals surface area contributed by atoms with E-state index in [1.165, 1.54) is 11.8 Å². The zero-order valence-electron chi connectivity index (χ0n) is 6.96. The Labute approximate surface area is 79.9 Å². The average Bonchev–Trinajstić information content (AvgIpc) is 2.56. The maximum absolute atomic E-state index is 10.3. The first-order valence-corrected chi connectivity index (χ1v) is 4.89. The molecule has 0 bridgehead atoms. The second-order valence-electron chi connectivity index (χ2n) is 2.49. The molecule has 1 heterocycles. The largest absolute Gasteiger partial charge is 0.480 e. The van der Waals surface area contributed by atoms with Gasteiger partial charge in [-0.05, 0) is 6.07 Å². The molecule has 1 atom stereocenters. The molecule has 72 valence electrons. The number of carbonyl (C=O) groups is 1. The number of rotatable bonds is 5. The Hall–Kier alpha value is -1.01. The lowest BCUT2D eigenvalue weighted by Crippen LogP contribution is -2.32. The molecule has 0 aliphatic heterocycles. The summed E-state index contributed by atoms with van der Waals surface area (Å²) in [4.78, 5) is 10.3. The maximum Gasteiger partial charge on any atom is 0.321 e. The van der Waals surface area contributed by atoms with E-state index in [9.17, 15) is 4.79 Å². The molecule has 0 aliphatic rings. The summed E-state index contributed by atoms with van der Waals surface area (Å²) < 4.78 is 1.72. The second-order valence-corrected chi connectivity index (χ2v) is 3.49. The minimum atomic E-state index is -0.965. The van der Waals surface area contributed by atoms with Crippen LogP contribution in [0.1, 0.15) is 0 Å². The second kappa shape index (κ2) is 4.88. The summed E-state index contributed by atoms with van der Waals surface area (Å²) in [6, 6.07) is 1.03. The van der Waals surface area contributed by atoms with Crippen molar-refractivity contribution in [2.75, 3.05) is 5.75 Å². The van der Waals surface area contributed by atoms with Gasteiger partial charge in [0.05, 0.1) is 5.88 Å². The van der Waals surface area contributed by atoms with Gasteiger partial charge in [0.25, 0.3) is 0 Å². The predicted molar refractivity (Wildman–Crippen MR) is 50.3 cm³/mol. The SMILES string of the molecule is NC(CSCn1cccn1)C(=O)O. The molecule has 6 heteroatoms. The predicted octanol–water partition coefficient (Wildman–Crippen LogP) is -0.0143. The number of hydrogen-bond donors (Lipinski definition) is 2. The quantitative estimate of drug-likeness (QED) is 0.700. The molecular weight excluding hydrogens is 190 g/mol. The molecule has 1 aromatic rings. The molecule has 0 aromatic carbocycles. The number of nitrogens with two attached hydrogens (primary N) is 1. The monoisotopic (exact) mass is 201 g/mol. The highest BCUT2D eigenvalue weighted by molar-refractivity contribution is 7.98. The molecule has 0 radical (unpaired) electrons. The molecule has 3 N–H and O–H groups in total. The zero-order chi connectivity index (χ0) is 9.68. The summed E-state index contributed by atoms with van der Waals surface area (Å²) in [5.74, 6) is 0.0661. The van der Waals surface area contributed by atoms with Crippen LogP contribution < -0.4 is 5.73 Å². The van der Waals surface area contributed by atoms with Crippen LogP contribution in [-0.2, 0) is 10.7 Å².